The molecule has 8 heteroatoms. The smallest absolute Gasteiger partial charge is 0.227 e. The normalized spacial score (nSPS) is 15.8. The van der Waals surface area contributed by atoms with Crippen molar-refractivity contribution >= 4 is 23.5 Å². The third kappa shape index (κ3) is 9.60. The van der Waals surface area contributed by atoms with Gasteiger partial charge in [-0.2, -0.15) is 9.97 Å². The number of anilines is 3. The van der Waals surface area contributed by atoms with Gasteiger partial charge >= 0.3 is 0 Å². The van der Waals surface area contributed by atoms with Gasteiger partial charge in [0.2, 0.25) is 11.9 Å². The van der Waals surface area contributed by atoms with Crippen LogP contribution < -0.4 is 20.7 Å². The fraction of sp³-hybridized carbons (Fsp3) is 0.528. The number of unbranched alkanes of at least 4 members (excludes halogenated alkanes) is 3. The molecule has 5 rings (SSSR count). The molecule has 1 saturated carbocycles. The van der Waals surface area contributed by atoms with Gasteiger partial charge in [-0.05, 0) is 47.6 Å². The van der Waals surface area contributed by atoms with Crippen LogP contribution in [0, 0.1) is 5.92 Å². The first-order valence-corrected chi connectivity index (χ1v) is 16.7. The Morgan fingerprint density at radius 2 is 1.64 bits per heavy atom. The number of carbonyl (C=O) groups is 1. The van der Waals surface area contributed by atoms with Crippen LogP contribution in [-0.2, 0) is 24.2 Å². The summed E-state index contributed by atoms with van der Waals surface area (Å²) in [6, 6.07) is 18.4. The Bertz CT molecular complexity index is 1320. The van der Waals surface area contributed by atoms with Crippen molar-refractivity contribution in [1.82, 2.24) is 14.9 Å². The molecule has 1 aliphatic heterocycles. The summed E-state index contributed by atoms with van der Waals surface area (Å²) in [6.45, 7) is 3.31. The van der Waals surface area contributed by atoms with E-state index in [2.05, 4.69) is 39.5 Å². The Labute approximate surface area is 263 Å². The van der Waals surface area contributed by atoms with Gasteiger partial charge in [0.1, 0.15) is 17.4 Å². The molecule has 2 fully saturated rings. The van der Waals surface area contributed by atoms with E-state index in [1.165, 1.54) is 75.3 Å². The van der Waals surface area contributed by atoms with Gasteiger partial charge in [-0.3, -0.25) is 4.79 Å². The Hall–Kier alpha value is -3.81. The van der Waals surface area contributed by atoms with Gasteiger partial charge in [0, 0.05) is 38.8 Å². The van der Waals surface area contributed by atoms with E-state index < -0.39 is 0 Å². The number of aryl methyl sites for hydroxylation is 1. The predicted molar refractivity (Wildman–Crippen MR) is 179 cm³/mol. The maximum absolute atomic E-state index is 12.9. The van der Waals surface area contributed by atoms with Gasteiger partial charge in [0.15, 0.2) is 0 Å². The Morgan fingerprint density at radius 3 is 2.41 bits per heavy atom. The minimum atomic E-state index is 0.123. The van der Waals surface area contributed by atoms with Crippen LogP contribution in [0.25, 0.3) is 0 Å². The van der Waals surface area contributed by atoms with Crippen molar-refractivity contribution < 1.29 is 9.53 Å². The third-order valence-electron chi connectivity index (χ3n) is 9.20. The summed E-state index contributed by atoms with van der Waals surface area (Å²) in [4.78, 5) is 26.2. The SMILES string of the molecule is COc1cccc(CC(=O)N2CCN(c3cc(N)nc(NCc4ccc(CCCCCCC5CCCCC5)cc4)n3)CC2)c1. The minimum Gasteiger partial charge on any atom is -0.497 e. The van der Waals surface area contributed by atoms with E-state index in [1.54, 1.807) is 7.11 Å². The topological polar surface area (TPSA) is 96.6 Å². The lowest BCUT2D eigenvalue weighted by atomic mass is 9.85. The van der Waals surface area contributed by atoms with E-state index in [0.29, 0.717) is 50.9 Å². The quantitative estimate of drug-likeness (QED) is 0.201. The van der Waals surface area contributed by atoms with Gasteiger partial charge in [-0.1, -0.05) is 94.2 Å². The van der Waals surface area contributed by atoms with Crippen molar-refractivity contribution in [2.45, 2.75) is 83.6 Å². The van der Waals surface area contributed by atoms with Crippen molar-refractivity contribution in [3.8, 4) is 5.75 Å². The highest BCUT2D eigenvalue weighted by atomic mass is 16.5. The molecule has 2 heterocycles. The summed E-state index contributed by atoms with van der Waals surface area (Å²) in [5.41, 5.74) is 9.72. The molecule has 0 radical (unpaired) electrons. The fourth-order valence-electron chi connectivity index (χ4n) is 6.54. The van der Waals surface area contributed by atoms with Crippen LogP contribution in [0.15, 0.2) is 54.6 Å². The van der Waals surface area contributed by atoms with Gasteiger partial charge in [-0.15, -0.1) is 0 Å². The van der Waals surface area contributed by atoms with Crippen LogP contribution in [-0.4, -0.2) is 54.1 Å². The first-order valence-electron chi connectivity index (χ1n) is 16.7. The largest absolute Gasteiger partial charge is 0.497 e. The van der Waals surface area contributed by atoms with Crippen LogP contribution >= 0.6 is 0 Å². The number of nitrogens with two attached hydrogens (primary N) is 1. The average Bonchev–Trinajstić information content (AvgIpc) is 3.06. The summed E-state index contributed by atoms with van der Waals surface area (Å²) in [5.74, 6) is 3.64. The third-order valence-corrected chi connectivity index (χ3v) is 9.20. The lowest BCUT2D eigenvalue weighted by molar-refractivity contribution is -0.130. The standard InChI is InChI=1S/C36H50N6O2/c1-44-32-15-9-14-31(24-32)25-35(43)42-22-20-41(21-23-42)34-26-33(37)39-36(40-34)38-27-30-18-16-29(17-19-30)13-6-3-2-5-10-28-11-7-4-8-12-28/h9,14-19,24,26,28H,2-8,10-13,20-23,25,27H2,1H3,(H3,37,38,39,40). The van der Waals surface area contributed by atoms with Crippen molar-refractivity contribution in [2.24, 2.45) is 5.92 Å². The predicted octanol–water partition coefficient (Wildman–Crippen LogP) is 6.64. The number of nitrogens with one attached hydrogen (secondary N) is 1. The highest BCUT2D eigenvalue weighted by Gasteiger charge is 2.23. The molecule has 0 atom stereocenters. The van der Waals surface area contributed by atoms with Gasteiger partial charge in [0.05, 0.1) is 13.5 Å². The van der Waals surface area contributed by atoms with E-state index in [0.717, 1.165) is 29.5 Å². The van der Waals surface area contributed by atoms with Crippen LogP contribution in [0.3, 0.4) is 0 Å². The van der Waals surface area contributed by atoms with E-state index in [1.807, 2.05) is 35.2 Å². The second kappa shape index (κ2) is 16.3. The molecule has 3 N–H and O–H groups in total. The number of carbonyl (C=O) groups excluding carboxylic acids is 1. The zero-order valence-electron chi connectivity index (χ0n) is 26.5. The number of aromatic nitrogens is 2. The maximum Gasteiger partial charge on any atom is 0.227 e. The Kier molecular flexibility index (Phi) is 11.7. The van der Waals surface area contributed by atoms with Crippen molar-refractivity contribution in [3.05, 3.63) is 71.3 Å². The maximum atomic E-state index is 12.9. The lowest BCUT2D eigenvalue weighted by Gasteiger charge is -2.35. The number of benzene rings is 2. The number of nitrogen functional groups attached to an aromatic ring is 1. The van der Waals surface area contributed by atoms with Crippen LogP contribution in [0.4, 0.5) is 17.6 Å². The van der Waals surface area contributed by atoms with E-state index in [-0.39, 0.29) is 5.91 Å². The Morgan fingerprint density at radius 1 is 0.886 bits per heavy atom. The minimum absolute atomic E-state index is 0.123. The molecule has 0 bridgehead atoms. The van der Waals surface area contributed by atoms with Gasteiger partial charge in [-0.25, -0.2) is 0 Å². The highest BCUT2D eigenvalue weighted by Crippen LogP contribution is 2.28. The second-order valence-electron chi connectivity index (χ2n) is 12.5. The number of ether oxygens (including phenoxy) is 1. The van der Waals surface area contributed by atoms with Gasteiger partial charge < -0.3 is 25.6 Å². The summed E-state index contributed by atoms with van der Waals surface area (Å²) in [6.07, 6.45) is 15.7. The number of rotatable bonds is 14. The summed E-state index contributed by atoms with van der Waals surface area (Å²) >= 11 is 0. The number of hydrogen-bond donors (Lipinski definition) is 2. The molecule has 1 saturated heterocycles. The van der Waals surface area contributed by atoms with E-state index in [4.69, 9.17) is 15.5 Å². The van der Waals surface area contributed by atoms with E-state index in [9.17, 15) is 4.79 Å². The van der Waals surface area contributed by atoms with Gasteiger partial charge in [0.25, 0.3) is 0 Å². The average molecular weight is 599 g/mol. The van der Waals surface area contributed by atoms with Crippen molar-refractivity contribution in [1.29, 1.82) is 0 Å². The molecule has 1 amide bonds. The van der Waals surface area contributed by atoms with Crippen molar-refractivity contribution in [3.63, 3.8) is 0 Å². The molecule has 0 unspecified atom stereocenters. The molecule has 8 nitrogen and oxygen atoms in total. The monoisotopic (exact) mass is 598 g/mol. The fourth-order valence-corrected chi connectivity index (χ4v) is 6.54. The van der Waals surface area contributed by atoms with Crippen LogP contribution in [0.1, 0.15) is 80.9 Å². The molecule has 0 spiro atoms. The zero-order chi connectivity index (χ0) is 30.6. The molecule has 44 heavy (non-hydrogen) atoms. The summed E-state index contributed by atoms with van der Waals surface area (Å²) in [5, 5.41) is 3.35. The number of amides is 1. The Balaban J connectivity index is 1.02. The molecule has 3 aromatic rings. The second-order valence-corrected chi connectivity index (χ2v) is 12.5. The molecular formula is C36H50N6O2. The van der Waals surface area contributed by atoms with Crippen LogP contribution in [0.5, 0.6) is 5.75 Å². The molecule has 2 aliphatic rings. The first-order chi connectivity index (χ1) is 21.6. The molecule has 1 aromatic heterocycles. The number of piperazine rings is 1. The molecule has 236 valence electrons. The van der Waals surface area contributed by atoms with Crippen LogP contribution in [0.2, 0.25) is 0 Å². The molecule has 2 aromatic carbocycles. The molecular weight excluding hydrogens is 548 g/mol. The highest BCUT2D eigenvalue weighted by molar-refractivity contribution is 5.79. The number of nitrogens with zero attached hydrogens (tertiary/aromatic N) is 4. The number of hydrogen-bond acceptors (Lipinski definition) is 7. The first kappa shape index (κ1) is 31.6. The lowest BCUT2D eigenvalue weighted by Crippen LogP contribution is -2.49. The summed E-state index contributed by atoms with van der Waals surface area (Å²) in [7, 11) is 1.64. The number of methoxy groups -OCH3 is 1. The summed E-state index contributed by atoms with van der Waals surface area (Å²) < 4.78 is 5.29. The van der Waals surface area contributed by atoms with E-state index >= 15 is 0 Å². The molecule has 1 aliphatic carbocycles. The van der Waals surface area contributed by atoms with Crippen molar-refractivity contribution in [2.75, 3.05) is 49.2 Å². The zero-order valence-corrected chi connectivity index (χ0v) is 26.5.